The van der Waals surface area contributed by atoms with Crippen molar-refractivity contribution in [3.8, 4) is 6.07 Å². The van der Waals surface area contributed by atoms with E-state index in [4.69, 9.17) is 15.7 Å². The summed E-state index contributed by atoms with van der Waals surface area (Å²) in [4.78, 5) is 24.4. The Labute approximate surface area is 198 Å². The smallest absolute Gasteiger partial charge is 0.259 e. The molecule has 0 radical (unpaired) electrons. The average Bonchev–Trinajstić information content (AvgIpc) is 2.75. The summed E-state index contributed by atoms with van der Waals surface area (Å²) in [6.07, 6.45) is 4.91. The van der Waals surface area contributed by atoms with Gasteiger partial charge in [-0.2, -0.15) is 5.26 Å². The minimum Gasteiger partial charge on any atom is -0.353 e. The van der Waals surface area contributed by atoms with Crippen LogP contribution in [0.4, 0.5) is 0 Å². The zero-order valence-corrected chi connectivity index (χ0v) is 21.6. The maximum atomic E-state index is 12.2. The SMILES string of the molecule is [2H]CCCCC(=O)NCC(CNC(=O)CCCCC)OP(OCCC#N)N(C(C)C)C(C)C. The second kappa shape index (κ2) is 19.2. The minimum absolute atomic E-state index is 0.0295. The Morgan fingerprint density at radius 2 is 1.62 bits per heavy atom. The molecule has 9 heteroatoms. The quantitative estimate of drug-likeness (QED) is 0.209. The third kappa shape index (κ3) is 14.7. The van der Waals surface area contributed by atoms with E-state index in [0.717, 1.165) is 19.3 Å². The lowest BCUT2D eigenvalue weighted by molar-refractivity contribution is -0.121. The van der Waals surface area contributed by atoms with Gasteiger partial charge in [-0.25, -0.2) is 4.67 Å². The second-order valence-electron chi connectivity index (χ2n) is 8.30. The molecule has 0 aromatic rings. The predicted octanol–water partition coefficient (Wildman–Crippen LogP) is 4.65. The van der Waals surface area contributed by atoms with E-state index in [1.807, 2.05) is 0 Å². The molecular weight excluding hydrogens is 427 g/mol. The molecule has 0 aromatic carbocycles. The molecule has 2 N–H and O–H groups in total. The van der Waals surface area contributed by atoms with Crippen LogP contribution in [0.3, 0.4) is 0 Å². The highest BCUT2D eigenvalue weighted by molar-refractivity contribution is 7.44. The summed E-state index contributed by atoms with van der Waals surface area (Å²) in [5.41, 5.74) is 0. The fourth-order valence-electron chi connectivity index (χ4n) is 3.02. The van der Waals surface area contributed by atoms with Crippen molar-refractivity contribution in [2.45, 2.75) is 111 Å². The van der Waals surface area contributed by atoms with Crippen molar-refractivity contribution in [3.63, 3.8) is 0 Å². The van der Waals surface area contributed by atoms with E-state index in [-0.39, 0.29) is 50.0 Å². The number of nitrogens with zero attached hydrogens (tertiary/aromatic N) is 2. The normalized spacial score (nSPS) is 13.7. The highest BCUT2D eigenvalue weighted by atomic mass is 31.2. The molecule has 0 spiro atoms. The van der Waals surface area contributed by atoms with Crippen molar-refractivity contribution >= 4 is 20.3 Å². The Morgan fingerprint density at radius 1 is 1.03 bits per heavy atom. The van der Waals surface area contributed by atoms with Crippen LogP contribution in [0, 0.1) is 11.3 Å². The van der Waals surface area contributed by atoms with Crippen LogP contribution >= 0.6 is 8.53 Å². The van der Waals surface area contributed by atoms with Crippen LogP contribution in [-0.4, -0.2) is 54.4 Å². The fourth-order valence-corrected chi connectivity index (χ4v) is 4.73. The molecule has 0 aliphatic carbocycles. The number of nitrogens with one attached hydrogen (secondary N) is 2. The van der Waals surface area contributed by atoms with Crippen molar-refractivity contribution < 1.29 is 20.0 Å². The molecular formula is C23H45N4O4P. The maximum Gasteiger partial charge on any atom is 0.259 e. The van der Waals surface area contributed by atoms with Gasteiger partial charge in [-0.1, -0.05) is 33.1 Å². The topological polar surface area (TPSA) is 104 Å². The van der Waals surface area contributed by atoms with Gasteiger partial charge in [0.2, 0.25) is 11.8 Å². The summed E-state index contributed by atoms with van der Waals surface area (Å²) in [5, 5.41) is 14.7. The highest BCUT2D eigenvalue weighted by Gasteiger charge is 2.30. The molecule has 32 heavy (non-hydrogen) atoms. The molecule has 8 nitrogen and oxygen atoms in total. The third-order valence-electron chi connectivity index (χ3n) is 4.62. The molecule has 0 saturated carbocycles. The number of hydrogen-bond acceptors (Lipinski definition) is 6. The van der Waals surface area contributed by atoms with Crippen LogP contribution in [-0.2, 0) is 18.6 Å². The first-order chi connectivity index (χ1) is 15.8. The van der Waals surface area contributed by atoms with Crippen LogP contribution in [0.1, 0.15) is 94.3 Å². The lowest BCUT2D eigenvalue weighted by atomic mass is 10.2. The van der Waals surface area contributed by atoms with Gasteiger partial charge in [-0.05, 0) is 40.5 Å². The summed E-state index contributed by atoms with van der Waals surface area (Å²) in [5.74, 6) is -0.122. The number of hydrogen-bond donors (Lipinski definition) is 2. The molecule has 0 aliphatic heterocycles. The molecule has 0 bridgehead atoms. The van der Waals surface area contributed by atoms with Crippen LogP contribution in [0.2, 0.25) is 0 Å². The minimum atomic E-state index is -1.49. The lowest BCUT2D eigenvalue weighted by Gasteiger charge is -2.37. The summed E-state index contributed by atoms with van der Waals surface area (Å²) < 4.78 is 21.6. The molecule has 0 rings (SSSR count). The number of rotatable bonds is 19. The van der Waals surface area contributed by atoms with Gasteiger partial charge in [0.15, 0.2) is 0 Å². The zero-order chi connectivity index (χ0) is 25.1. The monoisotopic (exact) mass is 473 g/mol. The van der Waals surface area contributed by atoms with Crippen LogP contribution in [0.5, 0.6) is 0 Å². The Balaban J connectivity index is 5.22. The molecule has 2 atom stereocenters. The van der Waals surface area contributed by atoms with E-state index < -0.39 is 14.6 Å². The van der Waals surface area contributed by atoms with Crippen molar-refractivity contribution in [2.75, 3.05) is 19.7 Å². The van der Waals surface area contributed by atoms with E-state index in [9.17, 15) is 9.59 Å². The highest BCUT2D eigenvalue weighted by Crippen LogP contribution is 2.47. The van der Waals surface area contributed by atoms with Gasteiger partial charge in [-0.3, -0.25) is 9.59 Å². The van der Waals surface area contributed by atoms with Crippen LogP contribution < -0.4 is 10.6 Å². The Kier molecular flexibility index (Phi) is 17.3. The van der Waals surface area contributed by atoms with Gasteiger partial charge < -0.3 is 19.7 Å². The number of unbranched alkanes of at least 4 members (excludes halogenated alkanes) is 3. The van der Waals surface area contributed by atoms with Crippen molar-refractivity contribution in [2.24, 2.45) is 0 Å². The van der Waals surface area contributed by atoms with Gasteiger partial charge in [0.25, 0.3) is 8.53 Å². The lowest BCUT2D eigenvalue weighted by Crippen LogP contribution is -2.43. The van der Waals surface area contributed by atoms with Crippen LogP contribution in [0.25, 0.3) is 0 Å². The largest absolute Gasteiger partial charge is 0.353 e. The Morgan fingerprint density at radius 3 is 2.12 bits per heavy atom. The third-order valence-corrected chi connectivity index (χ3v) is 6.80. The summed E-state index contributed by atoms with van der Waals surface area (Å²) in [7, 11) is -1.49. The molecule has 0 heterocycles. The van der Waals surface area contributed by atoms with E-state index in [2.05, 4.69) is 56.0 Å². The Bertz CT molecular complexity index is 541. The molecule has 2 amide bonds. The van der Waals surface area contributed by atoms with Gasteiger partial charge >= 0.3 is 0 Å². The molecule has 186 valence electrons. The second-order valence-corrected chi connectivity index (χ2v) is 9.70. The summed E-state index contributed by atoms with van der Waals surface area (Å²) >= 11 is 0. The average molecular weight is 474 g/mol. The van der Waals surface area contributed by atoms with Crippen molar-refractivity contribution in [1.29, 1.82) is 5.26 Å². The number of carbonyl (C=O) groups is 2. The van der Waals surface area contributed by atoms with E-state index in [0.29, 0.717) is 32.6 Å². The van der Waals surface area contributed by atoms with Gasteiger partial charge in [0.1, 0.15) is 6.10 Å². The Hall–Kier alpha value is -1.26. The molecule has 0 fully saturated rings. The molecule has 0 saturated heterocycles. The first kappa shape index (κ1) is 28.8. The fraction of sp³-hybridized carbons (Fsp3) is 0.870. The number of carbonyl (C=O) groups excluding carboxylic acids is 2. The van der Waals surface area contributed by atoms with Gasteiger partial charge in [0, 0.05) is 39.4 Å². The van der Waals surface area contributed by atoms with Gasteiger partial charge in [0.05, 0.1) is 19.1 Å². The molecule has 2 unspecified atom stereocenters. The first-order valence-corrected chi connectivity index (χ1v) is 13.0. The van der Waals surface area contributed by atoms with E-state index in [1.54, 1.807) is 0 Å². The van der Waals surface area contributed by atoms with Gasteiger partial charge in [-0.15, -0.1) is 0 Å². The van der Waals surface area contributed by atoms with Crippen LogP contribution in [0.15, 0.2) is 0 Å². The maximum absolute atomic E-state index is 12.2. The summed E-state index contributed by atoms with van der Waals surface area (Å²) in [6, 6.07) is 2.40. The standard InChI is InChI=1S/C23H45N4O4P/c1-7-9-11-14-23(29)26-18-21(17-25-22(28)13-10-8-2)31-32(30-16-12-15-24)27(19(3)4)20(5)6/h19-21H,7-14,16-18H2,1-6H3,(H,25,28)(H,26,29)/i2D. The van der Waals surface area contributed by atoms with Crippen molar-refractivity contribution in [3.05, 3.63) is 0 Å². The molecule has 0 aromatic heterocycles. The number of amides is 2. The predicted molar refractivity (Wildman–Crippen MR) is 130 cm³/mol. The van der Waals surface area contributed by atoms with E-state index >= 15 is 0 Å². The first-order valence-electron chi connectivity index (χ1n) is 12.5. The zero-order valence-electron chi connectivity index (χ0n) is 21.7. The van der Waals surface area contributed by atoms with Crippen molar-refractivity contribution in [1.82, 2.24) is 15.3 Å². The van der Waals surface area contributed by atoms with E-state index in [1.165, 1.54) is 0 Å². The molecule has 0 aliphatic rings. The summed E-state index contributed by atoms with van der Waals surface area (Å²) in [6.45, 7) is 11.4. The number of nitriles is 1.